The van der Waals surface area contributed by atoms with Crippen molar-refractivity contribution in [3.05, 3.63) is 65.5 Å². The third kappa shape index (κ3) is 5.37. The average Bonchev–Trinajstić information content (AvgIpc) is 2.71. The number of nitrogens with one attached hydrogen (secondary N) is 2. The highest BCUT2D eigenvalue weighted by molar-refractivity contribution is 5.96. The zero-order valence-electron chi connectivity index (χ0n) is 16.0. The van der Waals surface area contributed by atoms with E-state index in [0.717, 1.165) is 26.2 Å². The Kier molecular flexibility index (Phi) is 6.73. The Labute approximate surface area is 164 Å². The highest BCUT2D eigenvalue weighted by atomic mass is 19.1. The lowest BCUT2D eigenvalue weighted by atomic mass is 10.2. The van der Waals surface area contributed by atoms with Crippen LogP contribution in [-0.2, 0) is 11.3 Å². The Bertz CT molecular complexity index is 817. The quantitative estimate of drug-likeness (QED) is 0.799. The van der Waals surface area contributed by atoms with Crippen LogP contribution in [0.2, 0.25) is 0 Å². The number of hydrogen-bond acceptors (Lipinski definition) is 4. The molecule has 0 aromatic heterocycles. The molecule has 2 aromatic rings. The molecule has 0 bridgehead atoms. The van der Waals surface area contributed by atoms with Crippen LogP contribution in [0.25, 0.3) is 0 Å². The van der Waals surface area contributed by atoms with Gasteiger partial charge in [-0.1, -0.05) is 18.2 Å². The molecule has 0 saturated carbocycles. The first-order valence-corrected chi connectivity index (χ1v) is 9.35. The second kappa shape index (κ2) is 9.43. The fourth-order valence-corrected chi connectivity index (χ4v) is 3.23. The first-order valence-electron chi connectivity index (χ1n) is 9.35. The molecule has 2 N–H and O–H groups in total. The maximum absolute atomic E-state index is 13.8. The first kappa shape index (κ1) is 20.0. The van der Waals surface area contributed by atoms with Gasteiger partial charge in [-0.05, 0) is 30.3 Å². The highest BCUT2D eigenvalue weighted by Crippen LogP contribution is 2.13. The van der Waals surface area contributed by atoms with Crippen molar-refractivity contribution in [2.75, 3.05) is 45.1 Å². The summed E-state index contributed by atoms with van der Waals surface area (Å²) in [6.45, 7) is 4.01. The van der Waals surface area contributed by atoms with Crippen LogP contribution in [-0.4, -0.2) is 61.4 Å². The molecule has 1 aliphatic heterocycles. The second-order valence-corrected chi connectivity index (χ2v) is 6.85. The van der Waals surface area contributed by atoms with Gasteiger partial charge >= 0.3 is 0 Å². The van der Waals surface area contributed by atoms with Crippen LogP contribution in [0.5, 0.6) is 0 Å². The topological polar surface area (TPSA) is 64.7 Å². The van der Waals surface area contributed by atoms with Crippen molar-refractivity contribution < 1.29 is 14.0 Å². The lowest BCUT2D eigenvalue weighted by Gasteiger charge is -2.34. The number of carbonyl (C=O) groups is 2. The lowest BCUT2D eigenvalue weighted by Crippen LogP contribution is -2.48. The number of hydrogen-bond donors (Lipinski definition) is 2. The minimum atomic E-state index is -0.174. The summed E-state index contributed by atoms with van der Waals surface area (Å²) in [5.74, 6) is -0.423. The molecule has 3 rings (SSSR count). The molecule has 0 spiro atoms. The third-order valence-corrected chi connectivity index (χ3v) is 4.84. The molecule has 0 radical (unpaired) electrons. The van der Waals surface area contributed by atoms with E-state index in [1.165, 1.54) is 6.07 Å². The van der Waals surface area contributed by atoms with E-state index < -0.39 is 0 Å². The van der Waals surface area contributed by atoms with Crippen LogP contribution in [0.3, 0.4) is 0 Å². The average molecular weight is 384 g/mol. The van der Waals surface area contributed by atoms with Crippen LogP contribution >= 0.6 is 0 Å². The van der Waals surface area contributed by atoms with Gasteiger partial charge in [0, 0.05) is 56.6 Å². The van der Waals surface area contributed by atoms with Crippen molar-refractivity contribution in [3.8, 4) is 0 Å². The molecule has 1 fully saturated rings. The van der Waals surface area contributed by atoms with Crippen molar-refractivity contribution in [2.24, 2.45) is 0 Å². The van der Waals surface area contributed by atoms with Gasteiger partial charge in [0.1, 0.15) is 5.82 Å². The molecule has 7 heteroatoms. The monoisotopic (exact) mass is 384 g/mol. The smallest absolute Gasteiger partial charge is 0.251 e. The van der Waals surface area contributed by atoms with Gasteiger partial charge in [-0.25, -0.2) is 4.39 Å². The molecule has 1 heterocycles. The first-order chi connectivity index (χ1) is 13.5. The standard InChI is InChI=1S/C21H25FN4O2/c1-23-21(28)16-6-8-18(9-7-16)24-20(27)15-26-12-10-25(11-13-26)14-17-4-2-3-5-19(17)22/h2-9H,10-15H2,1H3,(H,23,28)(H,24,27). The molecule has 0 unspecified atom stereocenters. The summed E-state index contributed by atoms with van der Waals surface area (Å²) in [7, 11) is 1.58. The van der Waals surface area contributed by atoms with Gasteiger partial charge in [0.25, 0.3) is 5.91 Å². The Balaban J connectivity index is 1.43. The Morgan fingerprint density at radius 2 is 1.61 bits per heavy atom. The van der Waals surface area contributed by atoms with Gasteiger partial charge in [-0.2, -0.15) is 0 Å². The van der Waals surface area contributed by atoms with E-state index in [1.54, 1.807) is 37.4 Å². The number of amides is 2. The fourth-order valence-electron chi connectivity index (χ4n) is 3.23. The summed E-state index contributed by atoms with van der Waals surface area (Å²) in [4.78, 5) is 28.1. The van der Waals surface area contributed by atoms with E-state index >= 15 is 0 Å². The summed E-state index contributed by atoms with van der Waals surface area (Å²) in [5.41, 5.74) is 1.91. The minimum absolute atomic E-state index is 0.0877. The summed E-state index contributed by atoms with van der Waals surface area (Å²) < 4.78 is 13.8. The molecule has 1 aliphatic rings. The van der Waals surface area contributed by atoms with E-state index in [0.29, 0.717) is 29.9 Å². The van der Waals surface area contributed by atoms with Gasteiger partial charge in [-0.15, -0.1) is 0 Å². The van der Waals surface area contributed by atoms with Gasteiger partial charge in [0.2, 0.25) is 5.91 Å². The molecule has 0 atom stereocenters. The van der Waals surface area contributed by atoms with Crippen molar-refractivity contribution >= 4 is 17.5 Å². The molecular formula is C21H25FN4O2. The number of anilines is 1. The normalized spacial score (nSPS) is 15.2. The number of halogens is 1. The molecule has 148 valence electrons. The SMILES string of the molecule is CNC(=O)c1ccc(NC(=O)CN2CCN(Cc3ccccc3F)CC2)cc1. The fraction of sp³-hybridized carbons (Fsp3) is 0.333. The van der Waals surface area contributed by atoms with E-state index in [2.05, 4.69) is 20.4 Å². The van der Waals surface area contributed by atoms with Gasteiger partial charge in [0.15, 0.2) is 0 Å². The molecule has 2 amide bonds. The Morgan fingerprint density at radius 1 is 0.964 bits per heavy atom. The lowest BCUT2D eigenvalue weighted by molar-refractivity contribution is -0.117. The van der Waals surface area contributed by atoms with Gasteiger partial charge in [0.05, 0.1) is 6.54 Å². The number of benzene rings is 2. The Hall–Kier alpha value is -2.77. The van der Waals surface area contributed by atoms with Crippen LogP contribution < -0.4 is 10.6 Å². The maximum Gasteiger partial charge on any atom is 0.251 e. The maximum atomic E-state index is 13.8. The Morgan fingerprint density at radius 3 is 2.25 bits per heavy atom. The van der Waals surface area contributed by atoms with Crippen molar-refractivity contribution in [2.45, 2.75) is 6.54 Å². The van der Waals surface area contributed by atoms with Crippen molar-refractivity contribution in [1.29, 1.82) is 0 Å². The molecule has 28 heavy (non-hydrogen) atoms. The number of carbonyl (C=O) groups excluding carboxylic acids is 2. The summed E-state index contributed by atoms with van der Waals surface area (Å²) in [6, 6.07) is 13.6. The molecule has 6 nitrogen and oxygen atoms in total. The molecule has 1 saturated heterocycles. The van der Waals surface area contributed by atoms with E-state index in [1.807, 2.05) is 12.1 Å². The van der Waals surface area contributed by atoms with Crippen LogP contribution in [0.4, 0.5) is 10.1 Å². The predicted octanol–water partition coefficient (Wildman–Crippen LogP) is 1.94. The van der Waals surface area contributed by atoms with E-state index in [-0.39, 0.29) is 17.6 Å². The molecule has 0 aliphatic carbocycles. The van der Waals surface area contributed by atoms with Gasteiger partial charge in [-0.3, -0.25) is 19.4 Å². The third-order valence-electron chi connectivity index (χ3n) is 4.84. The minimum Gasteiger partial charge on any atom is -0.355 e. The van der Waals surface area contributed by atoms with E-state index in [4.69, 9.17) is 0 Å². The van der Waals surface area contributed by atoms with Crippen molar-refractivity contribution in [3.63, 3.8) is 0 Å². The summed E-state index contributed by atoms with van der Waals surface area (Å²) >= 11 is 0. The zero-order valence-corrected chi connectivity index (χ0v) is 16.0. The second-order valence-electron chi connectivity index (χ2n) is 6.85. The molecule has 2 aromatic carbocycles. The summed E-state index contributed by atoms with van der Waals surface area (Å²) in [5, 5.41) is 5.42. The molecular weight excluding hydrogens is 359 g/mol. The van der Waals surface area contributed by atoms with Gasteiger partial charge < -0.3 is 10.6 Å². The van der Waals surface area contributed by atoms with E-state index in [9.17, 15) is 14.0 Å². The zero-order chi connectivity index (χ0) is 19.9. The number of piperazine rings is 1. The van der Waals surface area contributed by atoms with Crippen LogP contribution in [0, 0.1) is 5.82 Å². The highest BCUT2D eigenvalue weighted by Gasteiger charge is 2.20. The largest absolute Gasteiger partial charge is 0.355 e. The summed E-state index contributed by atoms with van der Waals surface area (Å²) in [6.07, 6.45) is 0. The van der Waals surface area contributed by atoms with Crippen LogP contribution in [0.15, 0.2) is 48.5 Å². The number of nitrogens with zero attached hydrogens (tertiary/aromatic N) is 2. The predicted molar refractivity (Wildman–Crippen MR) is 107 cm³/mol. The number of rotatable bonds is 6. The van der Waals surface area contributed by atoms with Crippen molar-refractivity contribution in [1.82, 2.24) is 15.1 Å². The van der Waals surface area contributed by atoms with Crippen LogP contribution in [0.1, 0.15) is 15.9 Å².